The number of hydrogen-bond donors (Lipinski definition) is 0. The normalized spacial score (nSPS) is 10.7. The van der Waals surface area contributed by atoms with Crippen molar-refractivity contribution in [1.29, 1.82) is 0 Å². The second-order valence-corrected chi connectivity index (χ2v) is 4.54. The summed E-state index contributed by atoms with van der Waals surface area (Å²) < 4.78 is 0. The third-order valence-electron chi connectivity index (χ3n) is 3.00. The number of carbonyl (C=O) groups is 1. The maximum absolute atomic E-state index is 11.7. The van der Waals surface area contributed by atoms with E-state index in [2.05, 4.69) is 24.3 Å². The van der Waals surface area contributed by atoms with Crippen LogP contribution in [0.1, 0.15) is 17.5 Å². The Labute approximate surface area is 114 Å². The molecule has 0 aliphatic carbocycles. The highest BCUT2D eigenvalue weighted by Crippen LogP contribution is 2.04. The van der Waals surface area contributed by atoms with Gasteiger partial charge in [0.2, 0.25) is 0 Å². The molecule has 19 heavy (non-hydrogen) atoms. The molecule has 0 aliphatic rings. The van der Waals surface area contributed by atoms with Crippen LogP contribution < -0.4 is 0 Å². The summed E-state index contributed by atoms with van der Waals surface area (Å²) in [4.78, 5) is 11.7. The lowest BCUT2D eigenvalue weighted by molar-refractivity contribution is -0.114. The zero-order chi connectivity index (χ0) is 13.3. The first-order valence-corrected chi connectivity index (χ1v) is 6.62. The van der Waals surface area contributed by atoms with Gasteiger partial charge in [0, 0.05) is 6.42 Å². The Kier molecular flexibility index (Phi) is 5.12. The molecule has 0 saturated carbocycles. The van der Waals surface area contributed by atoms with Crippen LogP contribution >= 0.6 is 0 Å². The molecule has 2 aromatic rings. The minimum absolute atomic E-state index is 0.194. The van der Waals surface area contributed by atoms with Gasteiger partial charge in [-0.2, -0.15) is 0 Å². The van der Waals surface area contributed by atoms with Crippen molar-refractivity contribution in [2.24, 2.45) is 0 Å². The van der Waals surface area contributed by atoms with Crippen LogP contribution in [0.2, 0.25) is 0 Å². The Morgan fingerprint density at radius 2 is 1.42 bits per heavy atom. The molecule has 0 aromatic heterocycles. The lowest BCUT2D eigenvalue weighted by atomic mass is 10.1. The summed E-state index contributed by atoms with van der Waals surface area (Å²) in [5, 5.41) is 0. The second kappa shape index (κ2) is 7.32. The van der Waals surface area contributed by atoms with Crippen LogP contribution in [0, 0.1) is 0 Å². The van der Waals surface area contributed by atoms with Crippen LogP contribution in [0.15, 0.2) is 72.8 Å². The van der Waals surface area contributed by atoms with E-state index in [9.17, 15) is 4.79 Å². The van der Waals surface area contributed by atoms with Gasteiger partial charge in [0.15, 0.2) is 5.78 Å². The highest BCUT2D eigenvalue weighted by atomic mass is 16.1. The highest BCUT2D eigenvalue weighted by Gasteiger charge is 1.98. The fourth-order valence-electron chi connectivity index (χ4n) is 1.94. The van der Waals surface area contributed by atoms with Crippen molar-refractivity contribution in [1.82, 2.24) is 0 Å². The second-order valence-electron chi connectivity index (χ2n) is 4.54. The highest BCUT2D eigenvalue weighted by molar-refractivity contribution is 5.89. The molecule has 0 amide bonds. The van der Waals surface area contributed by atoms with E-state index in [1.54, 1.807) is 6.08 Å². The van der Waals surface area contributed by atoms with Crippen molar-refractivity contribution in [3.8, 4) is 0 Å². The van der Waals surface area contributed by atoms with Gasteiger partial charge in [0.1, 0.15) is 0 Å². The molecule has 0 radical (unpaired) electrons. The SMILES string of the molecule is O=C(/C=C/Cc1ccccc1)CCc1ccccc1. The summed E-state index contributed by atoms with van der Waals surface area (Å²) >= 11 is 0. The number of allylic oxidation sites excluding steroid dienone is 2. The van der Waals surface area contributed by atoms with E-state index in [0.29, 0.717) is 6.42 Å². The Morgan fingerprint density at radius 1 is 0.842 bits per heavy atom. The summed E-state index contributed by atoms with van der Waals surface area (Å²) in [7, 11) is 0. The van der Waals surface area contributed by atoms with Crippen LogP contribution in [0.4, 0.5) is 0 Å². The van der Waals surface area contributed by atoms with E-state index in [1.165, 1.54) is 11.1 Å². The van der Waals surface area contributed by atoms with Gasteiger partial charge in [0.25, 0.3) is 0 Å². The first kappa shape index (κ1) is 13.3. The maximum atomic E-state index is 11.7. The largest absolute Gasteiger partial charge is 0.295 e. The van der Waals surface area contributed by atoms with E-state index in [4.69, 9.17) is 0 Å². The Bertz CT molecular complexity index is 526. The van der Waals surface area contributed by atoms with Crippen LogP contribution in [0.3, 0.4) is 0 Å². The molecule has 0 N–H and O–H groups in total. The number of hydrogen-bond acceptors (Lipinski definition) is 1. The molecule has 0 saturated heterocycles. The Hall–Kier alpha value is -2.15. The molecular formula is C18H18O. The molecule has 0 bridgehead atoms. The molecule has 2 aromatic carbocycles. The van der Waals surface area contributed by atoms with E-state index >= 15 is 0 Å². The van der Waals surface area contributed by atoms with Crippen molar-refractivity contribution in [2.45, 2.75) is 19.3 Å². The number of benzene rings is 2. The molecule has 2 rings (SSSR count). The number of aryl methyl sites for hydroxylation is 1. The van der Waals surface area contributed by atoms with Gasteiger partial charge in [-0.1, -0.05) is 66.7 Å². The summed E-state index contributed by atoms with van der Waals surface area (Å²) in [5.41, 5.74) is 2.45. The quantitative estimate of drug-likeness (QED) is 0.708. The van der Waals surface area contributed by atoms with Crippen molar-refractivity contribution >= 4 is 5.78 Å². The molecule has 0 fully saturated rings. The fraction of sp³-hybridized carbons (Fsp3) is 0.167. The Balaban J connectivity index is 1.75. The molecule has 96 valence electrons. The minimum Gasteiger partial charge on any atom is -0.295 e. The van der Waals surface area contributed by atoms with Gasteiger partial charge in [-0.3, -0.25) is 4.79 Å². The molecule has 0 unspecified atom stereocenters. The first-order valence-electron chi connectivity index (χ1n) is 6.62. The van der Waals surface area contributed by atoms with Crippen molar-refractivity contribution in [3.05, 3.63) is 83.9 Å². The molecule has 1 nitrogen and oxygen atoms in total. The topological polar surface area (TPSA) is 17.1 Å². The molecule has 0 aliphatic heterocycles. The van der Waals surface area contributed by atoms with Gasteiger partial charge >= 0.3 is 0 Å². The summed E-state index contributed by atoms with van der Waals surface area (Å²) in [6.45, 7) is 0. The van der Waals surface area contributed by atoms with E-state index in [0.717, 1.165) is 12.8 Å². The fourth-order valence-corrected chi connectivity index (χ4v) is 1.94. The van der Waals surface area contributed by atoms with Crippen molar-refractivity contribution < 1.29 is 4.79 Å². The number of ketones is 1. The van der Waals surface area contributed by atoms with Crippen LogP contribution in [0.25, 0.3) is 0 Å². The van der Waals surface area contributed by atoms with E-state index in [-0.39, 0.29) is 5.78 Å². The van der Waals surface area contributed by atoms with E-state index in [1.807, 2.05) is 42.5 Å². The first-order chi connectivity index (χ1) is 9.34. The zero-order valence-corrected chi connectivity index (χ0v) is 11.0. The molecule has 1 heteroatoms. The summed E-state index contributed by atoms with van der Waals surface area (Å²) in [6, 6.07) is 20.3. The predicted octanol–water partition coefficient (Wildman–Crippen LogP) is 3.99. The van der Waals surface area contributed by atoms with Gasteiger partial charge < -0.3 is 0 Å². The summed E-state index contributed by atoms with van der Waals surface area (Å²) in [5.74, 6) is 0.194. The van der Waals surface area contributed by atoms with Gasteiger partial charge in [-0.05, 0) is 30.0 Å². The minimum atomic E-state index is 0.194. The molecule has 0 spiro atoms. The van der Waals surface area contributed by atoms with Gasteiger partial charge in [-0.15, -0.1) is 0 Å². The van der Waals surface area contributed by atoms with Gasteiger partial charge in [-0.25, -0.2) is 0 Å². The average Bonchev–Trinajstić information content (AvgIpc) is 2.47. The van der Waals surface area contributed by atoms with Crippen molar-refractivity contribution in [3.63, 3.8) is 0 Å². The van der Waals surface area contributed by atoms with Crippen LogP contribution in [0.5, 0.6) is 0 Å². The summed E-state index contributed by atoms with van der Waals surface area (Å²) in [6.07, 6.45) is 5.86. The third-order valence-corrected chi connectivity index (χ3v) is 3.00. The lowest BCUT2D eigenvalue weighted by Gasteiger charge is -1.98. The molecule has 0 heterocycles. The number of rotatable bonds is 6. The lowest BCUT2D eigenvalue weighted by Crippen LogP contribution is -1.96. The van der Waals surface area contributed by atoms with Crippen LogP contribution in [-0.2, 0) is 17.6 Å². The molecule has 0 atom stereocenters. The number of carbonyl (C=O) groups excluding carboxylic acids is 1. The van der Waals surface area contributed by atoms with Crippen LogP contribution in [-0.4, -0.2) is 5.78 Å². The zero-order valence-electron chi connectivity index (χ0n) is 11.0. The standard InChI is InChI=1S/C18H18O/c19-18(15-14-17-10-5-2-6-11-17)13-7-12-16-8-3-1-4-9-16/h1-11,13H,12,14-15H2/b13-7+. The smallest absolute Gasteiger partial charge is 0.155 e. The third kappa shape index (κ3) is 4.92. The van der Waals surface area contributed by atoms with Crippen molar-refractivity contribution in [2.75, 3.05) is 0 Å². The molecular weight excluding hydrogens is 232 g/mol. The van der Waals surface area contributed by atoms with Gasteiger partial charge in [0.05, 0.1) is 0 Å². The average molecular weight is 250 g/mol. The Morgan fingerprint density at radius 3 is 2.05 bits per heavy atom. The van der Waals surface area contributed by atoms with E-state index < -0.39 is 0 Å². The maximum Gasteiger partial charge on any atom is 0.155 e. The predicted molar refractivity (Wildman–Crippen MR) is 79.1 cm³/mol. The monoisotopic (exact) mass is 250 g/mol.